The fourth-order valence-electron chi connectivity index (χ4n) is 2.53. The lowest BCUT2D eigenvalue weighted by Gasteiger charge is -2.25. The van der Waals surface area contributed by atoms with E-state index in [0.29, 0.717) is 0 Å². The number of ether oxygens (including phenoxy) is 1. The molecule has 0 amide bonds. The minimum absolute atomic E-state index is 0. The van der Waals surface area contributed by atoms with E-state index in [-0.39, 0.29) is 29.4 Å². The summed E-state index contributed by atoms with van der Waals surface area (Å²) in [7, 11) is 0. The fraction of sp³-hybridized carbons (Fsp3) is 0.778. The Morgan fingerprint density at radius 3 is 2.65 bits per heavy atom. The maximum absolute atomic E-state index is 5.38. The molecule has 1 aromatic heterocycles. The van der Waals surface area contributed by atoms with Crippen LogP contribution in [0.25, 0.3) is 0 Å². The number of aromatic nitrogens is 1. The summed E-state index contributed by atoms with van der Waals surface area (Å²) in [6, 6.07) is 0. The zero-order valence-corrected chi connectivity index (χ0v) is 19.7. The largest absolute Gasteiger partial charge is 0.379 e. The minimum atomic E-state index is 0. The molecule has 0 aromatic carbocycles. The van der Waals surface area contributed by atoms with Crippen LogP contribution >= 0.6 is 35.3 Å². The Balaban J connectivity index is 0.00000338. The van der Waals surface area contributed by atoms with E-state index in [1.165, 1.54) is 10.7 Å². The van der Waals surface area contributed by atoms with Gasteiger partial charge in [0.15, 0.2) is 5.96 Å². The van der Waals surface area contributed by atoms with Crippen molar-refractivity contribution in [2.45, 2.75) is 39.5 Å². The van der Waals surface area contributed by atoms with E-state index in [4.69, 9.17) is 9.72 Å². The Hall–Kier alpha value is -0.450. The van der Waals surface area contributed by atoms with Gasteiger partial charge in [-0.05, 0) is 6.92 Å². The zero-order chi connectivity index (χ0) is 18.1. The van der Waals surface area contributed by atoms with Gasteiger partial charge in [0.2, 0.25) is 0 Å². The van der Waals surface area contributed by atoms with Gasteiger partial charge in [-0.1, -0.05) is 20.8 Å². The highest BCUT2D eigenvalue weighted by Gasteiger charge is 2.17. The van der Waals surface area contributed by atoms with Crippen molar-refractivity contribution >= 4 is 41.3 Å². The summed E-state index contributed by atoms with van der Waals surface area (Å²) >= 11 is 1.75. The number of aliphatic imine (C=N–C) groups is 1. The molecule has 6 nitrogen and oxygen atoms in total. The standard InChI is InChI=1S/C18H33N5OS.HI/c1-5-19-17(21-8-9-23-10-12-24-13-11-23)20-7-6-16-22-15(14-25-16)18(2,3)4;/h14H,5-13H2,1-4H3,(H2,19,20,21);1H. The van der Waals surface area contributed by atoms with E-state index in [1.807, 2.05) is 0 Å². The number of halogens is 1. The number of hydrogen-bond donors (Lipinski definition) is 2. The molecular weight excluding hydrogens is 461 g/mol. The summed E-state index contributed by atoms with van der Waals surface area (Å²) in [5.74, 6) is 0.892. The van der Waals surface area contributed by atoms with Crippen molar-refractivity contribution in [2.24, 2.45) is 4.99 Å². The molecule has 8 heteroatoms. The summed E-state index contributed by atoms with van der Waals surface area (Å²) < 4.78 is 5.38. The highest BCUT2D eigenvalue weighted by Crippen LogP contribution is 2.23. The monoisotopic (exact) mass is 495 g/mol. The first-order chi connectivity index (χ1) is 12.0. The van der Waals surface area contributed by atoms with Crippen LogP contribution in [0.3, 0.4) is 0 Å². The third-order valence-corrected chi connectivity index (χ3v) is 4.99. The molecule has 0 unspecified atom stereocenters. The second kappa shape index (κ2) is 12.1. The number of thiazole rings is 1. The van der Waals surface area contributed by atoms with Crippen LogP contribution in [0.1, 0.15) is 38.4 Å². The second-order valence-electron chi connectivity index (χ2n) is 7.27. The van der Waals surface area contributed by atoms with Crippen molar-refractivity contribution in [3.8, 4) is 0 Å². The quantitative estimate of drug-likeness (QED) is 0.346. The molecule has 0 radical (unpaired) electrons. The van der Waals surface area contributed by atoms with Gasteiger partial charge < -0.3 is 15.4 Å². The van der Waals surface area contributed by atoms with E-state index in [1.54, 1.807) is 11.3 Å². The molecule has 2 heterocycles. The number of rotatable bonds is 7. The minimum Gasteiger partial charge on any atom is -0.379 e. The molecule has 1 aromatic rings. The van der Waals surface area contributed by atoms with Gasteiger partial charge in [-0.3, -0.25) is 9.89 Å². The molecule has 1 fully saturated rings. The summed E-state index contributed by atoms with van der Waals surface area (Å²) in [4.78, 5) is 11.8. The molecule has 2 N–H and O–H groups in total. The molecule has 0 saturated carbocycles. The van der Waals surface area contributed by atoms with E-state index in [2.05, 4.69) is 53.6 Å². The van der Waals surface area contributed by atoms with Crippen LogP contribution < -0.4 is 10.6 Å². The normalized spacial score (nSPS) is 16.2. The SMILES string of the molecule is CCNC(=NCCN1CCOCC1)NCCc1nc(C(C)(C)C)cs1.I. The third-order valence-electron chi connectivity index (χ3n) is 4.09. The lowest BCUT2D eigenvalue weighted by Crippen LogP contribution is -2.40. The Bertz CT molecular complexity index is 538. The van der Waals surface area contributed by atoms with Crippen LogP contribution in [0.2, 0.25) is 0 Å². The Kier molecular flexibility index (Phi) is 11.0. The molecule has 2 rings (SSSR count). The van der Waals surface area contributed by atoms with Crippen molar-refractivity contribution in [3.63, 3.8) is 0 Å². The predicted molar refractivity (Wildman–Crippen MR) is 121 cm³/mol. The van der Waals surface area contributed by atoms with Crippen molar-refractivity contribution in [1.29, 1.82) is 0 Å². The van der Waals surface area contributed by atoms with E-state index >= 15 is 0 Å². The van der Waals surface area contributed by atoms with Gasteiger partial charge >= 0.3 is 0 Å². The Morgan fingerprint density at radius 1 is 1.31 bits per heavy atom. The summed E-state index contributed by atoms with van der Waals surface area (Å²) in [6.45, 7) is 15.9. The maximum Gasteiger partial charge on any atom is 0.191 e. The highest BCUT2D eigenvalue weighted by atomic mass is 127. The van der Waals surface area contributed by atoms with Crippen molar-refractivity contribution in [1.82, 2.24) is 20.5 Å². The Morgan fingerprint density at radius 2 is 2.04 bits per heavy atom. The number of guanidine groups is 1. The number of hydrogen-bond acceptors (Lipinski definition) is 5. The van der Waals surface area contributed by atoms with Crippen LogP contribution in [0.4, 0.5) is 0 Å². The van der Waals surface area contributed by atoms with Gasteiger partial charge in [-0.25, -0.2) is 4.98 Å². The van der Waals surface area contributed by atoms with Gasteiger partial charge in [0.25, 0.3) is 0 Å². The van der Waals surface area contributed by atoms with Crippen LogP contribution in [0.15, 0.2) is 10.4 Å². The zero-order valence-electron chi connectivity index (χ0n) is 16.5. The molecular formula is C18H34IN5OS. The van der Waals surface area contributed by atoms with Crippen molar-refractivity contribution < 1.29 is 4.74 Å². The number of nitrogens with zero attached hydrogens (tertiary/aromatic N) is 3. The fourth-order valence-corrected chi connectivity index (χ4v) is 3.55. The first-order valence-corrected chi connectivity index (χ1v) is 10.1. The van der Waals surface area contributed by atoms with Gasteiger partial charge in [0, 0.05) is 49.9 Å². The van der Waals surface area contributed by atoms with Crippen molar-refractivity contribution in [2.75, 3.05) is 52.5 Å². The van der Waals surface area contributed by atoms with E-state index in [9.17, 15) is 0 Å². The van der Waals surface area contributed by atoms with Crippen LogP contribution in [0, 0.1) is 0 Å². The first kappa shape index (κ1) is 23.6. The molecule has 1 aliphatic heterocycles. The van der Waals surface area contributed by atoms with Gasteiger partial charge in [0.05, 0.1) is 30.5 Å². The molecule has 150 valence electrons. The van der Waals surface area contributed by atoms with Gasteiger partial charge in [-0.15, -0.1) is 35.3 Å². The Labute approximate surface area is 179 Å². The topological polar surface area (TPSA) is 61.8 Å². The van der Waals surface area contributed by atoms with Crippen LogP contribution in [-0.4, -0.2) is 68.3 Å². The van der Waals surface area contributed by atoms with Gasteiger partial charge in [-0.2, -0.15) is 0 Å². The second-order valence-corrected chi connectivity index (χ2v) is 8.21. The highest BCUT2D eigenvalue weighted by molar-refractivity contribution is 14.0. The smallest absolute Gasteiger partial charge is 0.191 e. The maximum atomic E-state index is 5.38. The molecule has 0 atom stereocenters. The molecule has 0 spiro atoms. The summed E-state index contributed by atoms with van der Waals surface area (Å²) in [5.41, 5.74) is 1.30. The average Bonchev–Trinajstić information content (AvgIpc) is 3.05. The van der Waals surface area contributed by atoms with Crippen LogP contribution in [0.5, 0.6) is 0 Å². The molecule has 26 heavy (non-hydrogen) atoms. The van der Waals surface area contributed by atoms with Crippen molar-refractivity contribution in [3.05, 3.63) is 16.1 Å². The molecule has 0 bridgehead atoms. The lowest BCUT2D eigenvalue weighted by atomic mass is 9.93. The lowest BCUT2D eigenvalue weighted by molar-refractivity contribution is 0.0394. The summed E-state index contributed by atoms with van der Waals surface area (Å²) in [6.07, 6.45) is 0.925. The van der Waals surface area contributed by atoms with Gasteiger partial charge in [0.1, 0.15) is 0 Å². The van der Waals surface area contributed by atoms with Crippen LogP contribution in [-0.2, 0) is 16.6 Å². The van der Waals surface area contributed by atoms with E-state index in [0.717, 1.165) is 64.9 Å². The average molecular weight is 495 g/mol. The molecule has 0 aliphatic carbocycles. The first-order valence-electron chi connectivity index (χ1n) is 9.26. The molecule has 1 aliphatic rings. The number of morpholine rings is 1. The predicted octanol–water partition coefficient (Wildman–Crippen LogP) is 2.49. The number of nitrogens with one attached hydrogen (secondary N) is 2. The summed E-state index contributed by atoms with van der Waals surface area (Å²) in [5, 5.41) is 10.1. The molecule has 1 saturated heterocycles. The van der Waals surface area contributed by atoms with E-state index < -0.39 is 0 Å². The third kappa shape index (κ3) is 8.49.